The predicted molar refractivity (Wildman–Crippen MR) is 146 cm³/mol. The molecule has 0 bridgehead atoms. The highest BCUT2D eigenvalue weighted by atomic mass is 16.6. The number of methoxy groups -OCH3 is 2. The largest absolute Gasteiger partial charge is 0.490 e. The van der Waals surface area contributed by atoms with Crippen molar-refractivity contribution in [3.05, 3.63) is 46.0 Å². The summed E-state index contributed by atoms with van der Waals surface area (Å²) < 4.78 is 34.5. The molecule has 0 radical (unpaired) electrons. The summed E-state index contributed by atoms with van der Waals surface area (Å²) in [6, 6.07) is 9.88. The molecule has 0 saturated heterocycles. The first-order valence-electron chi connectivity index (χ1n) is 13.4. The standard InChI is InChI=1S/C29H38N2O9/c1-6-29(18-30,20-16-25(37-7-2)27(35-4)28(36-5)26(20)38-8-3)14-13-22(32)21(31(33)34)15-19-17-39-23-11-9-10-12-24(23)40-19/h9-12,16,19,21-22,32H,6-8,13-15,17H2,1-5H3. The minimum Gasteiger partial charge on any atom is -0.490 e. The first-order chi connectivity index (χ1) is 19.3. The number of hydrogen-bond acceptors (Lipinski definition) is 10. The number of benzene rings is 2. The second kappa shape index (κ2) is 13.9. The quantitative estimate of drug-likeness (QED) is 0.242. The molecule has 0 saturated carbocycles. The van der Waals surface area contributed by atoms with Gasteiger partial charge in [-0.2, -0.15) is 5.26 Å². The Bertz CT molecular complexity index is 1200. The number of hydrogen-bond donors (Lipinski definition) is 1. The van der Waals surface area contributed by atoms with Gasteiger partial charge in [0.25, 0.3) is 0 Å². The van der Waals surface area contributed by atoms with Crippen molar-refractivity contribution in [2.24, 2.45) is 0 Å². The van der Waals surface area contributed by atoms with Crippen LogP contribution in [0.25, 0.3) is 0 Å². The average Bonchev–Trinajstić information content (AvgIpc) is 2.97. The Balaban J connectivity index is 1.89. The van der Waals surface area contributed by atoms with E-state index in [0.29, 0.717) is 53.9 Å². The summed E-state index contributed by atoms with van der Waals surface area (Å²) in [4.78, 5) is 11.5. The Morgan fingerprint density at radius 1 is 1.12 bits per heavy atom. The monoisotopic (exact) mass is 558 g/mol. The summed E-state index contributed by atoms with van der Waals surface area (Å²) >= 11 is 0. The molecule has 0 aliphatic carbocycles. The van der Waals surface area contributed by atoms with Gasteiger partial charge in [-0.05, 0) is 51.3 Å². The average molecular weight is 559 g/mol. The van der Waals surface area contributed by atoms with Gasteiger partial charge in [-0.15, -0.1) is 0 Å². The molecule has 0 spiro atoms. The predicted octanol–water partition coefficient (Wildman–Crippen LogP) is 4.69. The second-order valence-corrected chi connectivity index (χ2v) is 9.42. The van der Waals surface area contributed by atoms with Gasteiger partial charge in [-0.1, -0.05) is 19.1 Å². The van der Waals surface area contributed by atoms with Crippen molar-refractivity contribution in [2.75, 3.05) is 34.0 Å². The molecular weight excluding hydrogens is 520 g/mol. The van der Waals surface area contributed by atoms with Crippen LogP contribution in [-0.2, 0) is 5.41 Å². The van der Waals surface area contributed by atoms with E-state index in [9.17, 15) is 20.5 Å². The molecule has 1 N–H and O–H groups in total. The molecule has 0 aromatic heterocycles. The SMILES string of the molecule is CCOc1cc(C(C#N)(CC)CCC(O)C(CC2COc3ccccc3O2)[N+](=O)[O-])c(OCC)c(OC)c1OC. The van der Waals surface area contributed by atoms with Crippen molar-refractivity contribution < 1.29 is 38.5 Å². The number of ether oxygens (including phenoxy) is 6. The molecule has 40 heavy (non-hydrogen) atoms. The minimum atomic E-state index is -1.34. The van der Waals surface area contributed by atoms with Crippen LogP contribution in [0.5, 0.6) is 34.5 Å². The van der Waals surface area contributed by atoms with E-state index in [-0.39, 0.29) is 31.6 Å². The maximum Gasteiger partial charge on any atom is 0.242 e. The zero-order chi connectivity index (χ0) is 29.3. The molecule has 11 heteroatoms. The van der Waals surface area contributed by atoms with Crippen molar-refractivity contribution >= 4 is 0 Å². The van der Waals surface area contributed by atoms with Crippen LogP contribution in [0.4, 0.5) is 0 Å². The number of nitro groups is 1. The van der Waals surface area contributed by atoms with E-state index in [2.05, 4.69) is 6.07 Å². The molecule has 218 valence electrons. The zero-order valence-corrected chi connectivity index (χ0v) is 23.7. The molecule has 1 aliphatic heterocycles. The van der Waals surface area contributed by atoms with Gasteiger partial charge in [0, 0.05) is 10.5 Å². The number of aliphatic hydroxyl groups excluding tert-OH is 1. The number of rotatable bonds is 15. The van der Waals surface area contributed by atoms with Gasteiger partial charge in [-0.3, -0.25) is 10.1 Å². The fraction of sp³-hybridized carbons (Fsp3) is 0.552. The number of nitriles is 1. The lowest BCUT2D eigenvalue weighted by Gasteiger charge is -2.31. The van der Waals surface area contributed by atoms with Crippen LogP contribution in [0.15, 0.2) is 30.3 Å². The highest BCUT2D eigenvalue weighted by Crippen LogP contribution is 2.52. The van der Waals surface area contributed by atoms with Gasteiger partial charge >= 0.3 is 0 Å². The Labute approximate surface area is 234 Å². The molecule has 2 aromatic rings. The molecule has 2 aromatic carbocycles. The fourth-order valence-electron chi connectivity index (χ4n) is 5.00. The van der Waals surface area contributed by atoms with Crippen LogP contribution in [0.3, 0.4) is 0 Å². The van der Waals surface area contributed by atoms with Crippen LogP contribution >= 0.6 is 0 Å². The molecule has 1 aliphatic rings. The number of aliphatic hydroxyl groups is 1. The summed E-state index contributed by atoms with van der Waals surface area (Å²) in [5.41, 5.74) is -0.660. The van der Waals surface area contributed by atoms with Gasteiger partial charge in [0.05, 0.1) is 45.3 Å². The van der Waals surface area contributed by atoms with Crippen LogP contribution in [-0.4, -0.2) is 62.3 Å². The Morgan fingerprint density at radius 3 is 2.38 bits per heavy atom. The van der Waals surface area contributed by atoms with E-state index in [0.717, 1.165) is 0 Å². The van der Waals surface area contributed by atoms with E-state index in [1.54, 1.807) is 24.3 Å². The summed E-state index contributed by atoms with van der Waals surface area (Å²) in [6.45, 7) is 6.26. The van der Waals surface area contributed by atoms with Crippen molar-refractivity contribution in [1.29, 1.82) is 5.26 Å². The third-order valence-electron chi connectivity index (χ3n) is 7.14. The van der Waals surface area contributed by atoms with Gasteiger partial charge < -0.3 is 33.5 Å². The van der Waals surface area contributed by atoms with Crippen molar-refractivity contribution in [3.8, 4) is 40.6 Å². The summed E-state index contributed by atoms with van der Waals surface area (Å²) in [5, 5.41) is 33.6. The number of fused-ring (bicyclic) bond motifs is 1. The smallest absolute Gasteiger partial charge is 0.242 e. The highest BCUT2D eigenvalue weighted by Gasteiger charge is 2.41. The van der Waals surface area contributed by atoms with E-state index in [1.807, 2.05) is 26.8 Å². The van der Waals surface area contributed by atoms with Crippen LogP contribution in [0, 0.1) is 21.4 Å². The van der Waals surface area contributed by atoms with Crippen molar-refractivity contribution in [2.45, 2.75) is 70.1 Å². The summed E-state index contributed by atoms with van der Waals surface area (Å²) in [7, 11) is 2.96. The molecule has 0 amide bonds. The molecule has 0 fully saturated rings. The second-order valence-electron chi connectivity index (χ2n) is 9.42. The Hall–Kier alpha value is -3.91. The molecule has 4 atom stereocenters. The van der Waals surface area contributed by atoms with E-state index < -0.39 is 28.6 Å². The first kappa shape index (κ1) is 30.6. The molecule has 11 nitrogen and oxygen atoms in total. The topological polar surface area (TPSA) is 143 Å². The number of para-hydroxylation sites is 2. The van der Waals surface area contributed by atoms with E-state index in [4.69, 9.17) is 28.4 Å². The summed E-state index contributed by atoms with van der Waals surface area (Å²) in [6.07, 6.45) is -1.54. The summed E-state index contributed by atoms with van der Waals surface area (Å²) in [5.74, 6) is 2.42. The lowest BCUT2D eigenvalue weighted by Crippen LogP contribution is -2.42. The van der Waals surface area contributed by atoms with Crippen LogP contribution in [0.1, 0.15) is 52.0 Å². The Morgan fingerprint density at radius 2 is 1.80 bits per heavy atom. The fourth-order valence-corrected chi connectivity index (χ4v) is 5.00. The molecular formula is C29H38N2O9. The zero-order valence-electron chi connectivity index (χ0n) is 23.7. The van der Waals surface area contributed by atoms with Gasteiger partial charge in [0.1, 0.15) is 18.8 Å². The van der Waals surface area contributed by atoms with Crippen LogP contribution in [0.2, 0.25) is 0 Å². The maximum absolute atomic E-state index is 12.0. The van der Waals surface area contributed by atoms with E-state index in [1.165, 1.54) is 14.2 Å². The molecule has 3 rings (SSSR count). The third-order valence-corrected chi connectivity index (χ3v) is 7.14. The lowest BCUT2D eigenvalue weighted by atomic mass is 9.74. The highest BCUT2D eigenvalue weighted by molar-refractivity contribution is 5.65. The van der Waals surface area contributed by atoms with Gasteiger partial charge in [-0.25, -0.2) is 0 Å². The number of nitrogens with zero attached hydrogens (tertiary/aromatic N) is 2. The van der Waals surface area contributed by atoms with Gasteiger partial charge in [0.15, 0.2) is 23.0 Å². The van der Waals surface area contributed by atoms with E-state index >= 15 is 0 Å². The lowest BCUT2D eigenvalue weighted by molar-refractivity contribution is -0.537. The molecule has 1 heterocycles. The first-order valence-corrected chi connectivity index (χ1v) is 13.4. The molecule has 4 unspecified atom stereocenters. The maximum atomic E-state index is 12.0. The van der Waals surface area contributed by atoms with Crippen molar-refractivity contribution in [3.63, 3.8) is 0 Å². The van der Waals surface area contributed by atoms with Crippen LogP contribution < -0.4 is 28.4 Å². The third kappa shape index (κ3) is 6.45. The minimum absolute atomic E-state index is 0.0128. The normalized spacial score (nSPS) is 17.1. The Kier molecular flexibility index (Phi) is 10.7. The van der Waals surface area contributed by atoms with Crippen molar-refractivity contribution in [1.82, 2.24) is 0 Å². The van der Waals surface area contributed by atoms with Gasteiger partial charge in [0.2, 0.25) is 17.5 Å².